The average molecular weight is 265 g/mol. The van der Waals surface area contributed by atoms with Crippen LogP contribution in [0.25, 0.3) is 16.3 Å². The topological polar surface area (TPSA) is 16.2 Å². The summed E-state index contributed by atoms with van der Waals surface area (Å²) in [5.41, 5.74) is 4.74. The van der Waals surface area contributed by atoms with Gasteiger partial charge in [0.1, 0.15) is 7.05 Å². The zero-order valence-corrected chi connectivity index (χ0v) is 12.6. The quantitative estimate of drug-likeness (QED) is 0.453. The molecule has 102 valence electrons. The molecule has 0 saturated heterocycles. The zero-order chi connectivity index (χ0) is 14.7. The standard InChI is InChI=1S/C18H21N2/c1-6-14(3)17(12-19-4)18-16-11-13(2)7-8-15(16)9-10-20(18)5/h6-12H,4H2,1-3,5H3/q+1/b14-6-. The van der Waals surface area contributed by atoms with Crippen LogP contribution in [-0.4, -0.2) is 6.72 Å². The second kappa shape index (κ2) is 5.83. The summed E-state index contributed by atoms with van der Waals surface area (Å²) in [4.78, 5) is 3.99. The number of aromatic nitrogens is 1. The second-order valence-electron chi connectivity index (χ2n) is 5.06. The summed E-state index contributed by atoms with van der Waals surface area (Å²) < 4.78 is 2.14. The summed E-state index contributed by atoms with van der Waals surface area (Å²) in [5, 5.41) is 2.48. The molecule has 0 radical (unpaired) electrons. The van der Waals surface area contributed by atoms with Gasteiger partial charge in [0, 0.05) is 12.3 Å². The molecule has 1 aromatic carbocycles. The molecule has 2 rings (SSSR count). The van der Waals surface area contributed by atoms with Crippen molar-refractivity contribution in [2.24, 2.45) is 12.0 Å². The number of nitrogens with zero attached hydrogens (tertiary/aromatic N) is 2. The number of rotatable bonds is 3. The average Bonchev–Trinajstić information content (AvgIpc) is 2.44. The molecule has 0 unspecified atom stereocenters. The van der Waals surface area contributed by atoms with E-state index in [1.54, 1.807) is 0 Å². The molecule has 0 spiro atoms. The number of hydrogen-bond acceptors (Lipinski definition) is 1. The number of benzene rings is 1. The maximum Gasteiger partial charge on any atom is 0.221 e. The molecule has 0 bridgehead atoms. The molecule has 0 N–H and O–H groups in total. The van der Waals surface area contributed by atoms with Crippen molar-refractivity contribution in [2.45, 2.75) is 20.8 Å². The van der Waals surface area contributed by atoms with E-state index in [-0.39, 0.29) is 0 Å². The van der Waals surface area contributed by atoms with Gasteiger partial charge in [0.15, 0.2) is 6.20 Å². The van der Waals surface area contributed by atoms with Crippen LogP contribution in [-0.2, 0) is 7.05 Å². The van der Waals surface area contributed by atoms with Crippen LogP contribution >= 0.6 is 0 Å². The van der Waals surface area contributed by atoms with Gasteiger partial charge in [0.2, 0.25) is 5.69 Å². The normalized spacial score (nSPS) is 12.8. The predicted octanol–water partition coefficient (Wildman–Crippen LogP) is 3.98. The Bertz CT molecular complexity index is 716. The Labute approximate surface area is 120 Å². The van der Waals surface area contributed by atoms with Crippen molar-refractivity contribution >= 4 is 23.1 Å². The molecule has 20 heavy (non-hydrogen) atoms. The lowest BCUT2D eigenvalue weighted by Crippen LogP contribution is -2.33. The van der Waals surface area contributed by atoms with Crippen LogP contribution in [0.1, 0.15) is 25.1 Å². The molecule has 0 aliphatic carbocycles. The Morgan fingerprint density at radius 3 is 2.70 bits per heavy atom. The van der Waals surface area contributed by atoms with Crippen LogP contribution in [0.5, 0.6) is 0 Å². The zero-order valence-electron chi connectivity index (χ0n) is 12.6. The van der Waals surface area contributed by atoms with Crippen molar-refractivity contribution in [2.75, 3.05) is 0 Å². The first-order valence-electron chi connectivity index (χ1n) is 6.77. The molecule has 1 aromatic heterocycles. The van der Waals surface area contributed by atoms with Crippen LogP contribution in [0.2, 0.25) is 0 Å². The van der Waals surface area contributed by atoms with Crippen LogP contribution in [0, 0.1) is 6.92 Å². The van der Waals surface area contributed by atoms with E-state index in [1.165, 1.54) is 27.6 Å². The molecule has 0 saturated carbocycles. The monoisotopic (exact) mass is 265 g/mol. The van der Waals surface area contributed by atoms with Gasteiger partial charge in [-0.25, -0.2) is 4.57 Å². The fourth-order valence-electron chi connectivity index (χ4n) is 2.41. The van der Waals surface area contributed by atoms with E-state index in [0.29, 0.717) is 0 Å². The first-order valence-corrected chi connectivity index (χ1v) is 6.77. The second-order valence-corrected chi connectivity index (χ2v) is 5.06. The van der Waals surface area contributed by atoms with Crippen molar-refractivity contribution in [1.82, 2.24) is 0 Å². The molecule has 2 nitrogen and oxygen atoms in total. The van der Waals surface area contributed by atoms with E-state index in [0.717, 1.165) is 5.57 Å². The number of aryl methyl sites for hydroxylation is 2. The van der Waals surface area contributed by atoms with Gasteiger partial charge in [0.25, 0.3) is 0 Å². The summed E-state index contributed by atoms with van der Waals surface area (Å²) in [6, 6.07) is 8.68. The lowest BCUT2D eigenvalue weighted by Gasteiger charge is -2.09. The summed E-state index contributed by atoms with van der Waals surface area (Å²) in [5.74, 6) is 0. The summed E-state index contributed by atoms with van der Waals surface area (Å²) in [6.45, 7) is 9.87. The first kappa shape index (κ1) is 14.2. The van der Waals surface area contributed by atoms with Crippen LogP contribution in [0.3, 0.4) is 0 Å². The maximum absolute atomic E-state index is 3.99. The molecule has 0 atom stereocenters. The third-order valence-electron chi connectivity index (χ3n) is 3.63. The van der Waals surface area contributed by atoms with Gasteiger partial charge in [0.05, 0.1) is 11.0 Å². The highest BCUT2D eigenvalue weighted by molar-refractivity contribution is 5.94. The van der Waals surface area contributed by atoms with Gasteiger partial charge < -0.3 is 0 Å². The van der Waals surface area contributed by atoms with Crippen molar-refractivity contribution in [3.05, 3.63) is 59.6 Å². The fraction of sp³-hybridized carbons (Fsp3) is 0.222. The van der Waals surface area contributed by atoms with E-state index in [9.17, 15) is 0 Å². The molecular weight excluding hydrogens is 244 g/mol. The minimum absolute atomic E-state index is 1.11. The Balaban J connectivity index is 2.87. The van der Waals surface area contributed by atoms with Crippen molar-refractivity contribution < 1.29 is 4.57 Å². The minimum atomic E-state index is 1.11. The fourth-order valence-corrected chi connectivity index (χ4v) is 2.41. The highest BCUT2D eigenvalue weighted by atomic mass is 14.9. The van der Waals surface area contributed by atoms with E-state index in [4.69, 9.17) is 0 Å². The molecule has 2 aromatic rings. The van der Waals surface area contributed by atoms with Gasteiger partial charge >= 0.3 is 0 Å². The van der Waals surface area contributed by atoms with E-state index < -0.39 is 0 Å². The van der Waals surface area contributed by atoms with Gasteiger partial charge in [-0.3, -0.25) is 4.99 Å². The van der Waals surface area contributed by atoms with Crippen molar-refractivity contribution in [1.29, 1.82) is 0 Å². The van der Waals surface area contributed by atoms with Gasteiger partial charge in [-0.05, 0) is 44.5 Å². The number of aliphatic imine (C=N–C) groups is 1. The molecule has 0 aliphatic heterocycles. The van der Waals surface area contributed by atoms with Gasteiger partial charge in [-0.1, -0.05) is 23.8 Å². The van der Waals surface area contributed by atoms with Gasteiger partial charge in [-0.15, -0.1) is 0 Å². The van der Waals surface area contributed by atoms with E-state index >= 15 is 0 Å². The highest BCUT2D eigenvalue weighted by Gasteiger charge is 2.18. The molecule has 0 amide bonds. The van der Waals surface area contributed by atoms with Crippen molar-refractivity contribution in [3.63, 3.8) is 0 Å². The number of fused-ring (bicyclic) bond motifs is 1. The van der Waals surface area contributed by atoms with E-state index in [2.05, 4.69) is 73.7 Å². The Morgan fingerprint density at radius 1 is 1.30 bits per heavy atom. The largest absolute Gasteiger partial charge is 0.272 e. The Hall–Kier alpha value is -2.22. The lowest BCUT2D eigenvalue weighted by molar-refractivity contribution is -0.672. The smallest absolute Gasteiger partial charge is 0.221 e. The molecule has 1 heterocycles. The third-order valence-corrected chi connectivity index (χ3v) is 3.63. The van der Waals surface area contributed by atoms with E-state index in [1.807, 2.05) is 13.1 Å². The summed E-state index contributed by atoms with van der Waals surface area (Å²) >= 11 is 0. The van der Waals surface area contributed by atoms with Gasteiger partial charge in [-0.2, -0.15) is 0 Å². The number of allylic oxidation sites excluding steroid dienone is 3. The lowest BCUT2D eigenvalue weighted by atomic mass is 9.98. The SMILES string of the molecule is C=N/C=C(\C(C)=C/C)c1c2cc(C)ccc2cc[n+]1C. The Morgan fingerprint density at radius 2 is 2.05 bits per heavy atom. The van der Waals surface area contributed by atoms with Crippen LogP contribution in [0.4, 0.5) is 0 Å². The molecular formula is C18H21N2+. The van der Waals surface area contributed by atoms with Crippen LogP contribution in [0.15, 0.2) is 53.3 Å². The predicted molar refractivity (Wildman–Crippen MR) is 86.8 cm³/mol. The third kappa shape index (κ3) is 2.55. The molecule has 0 fully saturated rings. The molecule has 0 aliphatic rings. The summed E-state index contributed by atoms with van der Waals surface area (Å²) in [6.07, 6.45) is 6.03. The van der Waals surface area contributed by atoms with Crippen molar-refractivity contribution in [3.8, 4) is 0 Å². The maximum atomic E-state index is 3.99. The first-order chi connectivity index (χ1) is 9.58. The Kier molecular flexibility index (Phi) is 4.14. The molecule has 2 heteroatoms. The number of pyridine rings is 1. The number of hydrogen-bond donors (Lipinski definition) is 0. The van der Waals surface area contributed by atoms with Crippen LogP contribution < -0.4 is 4.57 Å². The highest BCUT2D eigenvalue weighted by Crippen LogP contribution is 2.27. The summed E-state index contributed by atoms with van der Waals surface area (Å²) in [7, 11) is 2.07. The minimum Gasteiger partial charge on any atom is -0.272 e.